The largest absolute Gasteiger partial charge is 0.480 e. The summed E-state index contributed by atoms with van der Waals surface area (Å²) in [5.41, 5.74) is 0.372. The molecule has 3 rings (SSSR count). The third kappa shape index (κ3) is 3.14. The van der Waals surface area contributed by atoms with Crippen molar-refractivity contribution in [2.45, 2.75) is 23.0 Å². The van der Waals surface area contributed by atoms with E-state index in [2.05, 4.69) is 4.98 Å². The summed E-state index contributed by atoms with van der Waals surface area (Å²) in [6, 6.07) is 7.13. The number of carbonyl (C=O) groups excluding carboxylic acids is 1. The molecule has 5 nitrogen and oxygen atoms in total. The van der Waals surface area contributed by atoms with Crippen molar-refractivity contribution in [3.8, 4) is 5.88 Å². The Morgan fingerprint density at radius 3 is 2.46 bits per heavy atom. The lowest BCUT2D eigenvalue weighted by molar-refractivity contribution is 0.103. The maximum Gasteiger partial charge on any atom is 0.232 e. The molecular formula is C16H13Cl2NO4S. The predicted molar refractivity (Wildman–Crippen MR) is 90.9 cm³/mol. The molecule has 0 spiro atoms. The van der Waals surface area contributed by atoms with E-state index >= 15 is 0 Å². The number of hydrogen-bond acceptors (Lipinski definition) is 5. The van der Waals surface area contributed by atoms with E-state index in [1.165, 1.54) is 37.4 Å². The van der Waals surface area contributed by atoms with Gasteiger partial charge in [0.25, 0.3) is 0 Å². The minimum Gasteiger partial charge on any atom is -0.480 e. The maximum atomic E-state index is 12.5. The summed E-state index contributed by atoms with van der Waals surface area (Å²) in [5.74, 6) is -0.260. The van der Waals surface area contributed by atoms with Gasteiger partial charge in [-0.3, -0.25) is 4.79 Å². The standard InChI is InChI=1S/C16H13Cl2NO4S/c1-23-16-11(17)5-6-13(19-16)15(20)9-2-7-14(12(18)8-9)24(21,22)10-3-4-10/h2,5-8,10H,3-4H2,1H3. The van der Waals surface area contributed by atoms with Crippen LogP contribution < -0.4 is 4.74 Å². The molecule has 1 aliphatic rings. The molecule has 0 atom stereocenters. The summed E-state index contributed by atoms with van der Waals surface area (Å²) in [6.07, 6.45) is 1.29. The molecule has 0 N–H and O–H groups in total. The van der Waals surface area contributed by atoms with Crippen LogP contribution in [0.4, 0.5) is 0 Å². The fourth-order valence-corrected chi connectivity index (χ4v) is 4.66. The molecule has 1 heterocycles. The lowest BCUT2D eigenvalue weighted by Crippen LogP contribution is -2.10. The lowest BCUT2D eigenvalue weighted by Gasteiger charge is -2.08. The predicted octanol–water partition coefficient (Wildman–Crippen LogP) is 3.56. The van der Waals surface area contributed by atoms with Crippen LogP contribution in [-0.2, 0) is 9.84 Å². The van der Waals surface area contributed by atoms with Crippen molar-refractivity contribution in [1.29, 1.82) is 0 Å². The van der Waals surface area contributed by atoms with Gasteiger partial charge in [0, 0.05) is 5.56 Å². The van der Waals surface area contributed by atoms with E-state index in [4.69, 9.17) is 27.9 Å². The summed E-state index contributed by atoms with van der Waals surface area (Å²) in [4.78, 5) is 16.6. The van der Waals surface area contributed by atoms with E-state index in [9.17, 15) is 13.2 Å². The van der Waals surface area contributed by atoms with Crippen LogP contribution in [0.25, 0.3) is 0 Å². The molecular weight excluding hydrogens is 373 g/mol. The molecule has 1 fully saturated rings. The summed E-state index contributed by atoms with van der Waals surface area (Å²) in [5, 5.41) is -0.0367. The van der Waals surface area contributed by atoms with E-state index in [1.807, 2.05) is 0 Å². The zero-order valence-corrected chi connectivity index (χ0v) is 15.0. The molecule has 0 radical (unpaired) electrons. The maximum absolute atomic E-state index is 12.5. The molecule has 0 amide bonds. The monoisotopic (exact) mass is 385 g/mol. The number of carbonyl (C=O) groups is 1. The quantitative estimate of drug-likeness (QED) is 0.735. The molecule has 1 saturated carbocycles. The number of methoxy groups -OCH3 is 1. The van der Waals surface area contributed by atoms with Crippen LogP contribution in [0, 0.1) is 0 Å². The normalized spacial score (nSPS) is 14.5. The number of hydrogen-bond donors (Lipinski definition) is 0. The minimum absolute atomic E-state index is 0.0358. The van der Waals surface area contributed by atoms with Crippen molar-refractivity contribution in [1.82, 2.24) is 4.98 Å². The Bertz CT molecular complexity index is 924. The Balaban J connectivity index is 1.95. The Morgan fingerprint density at radius 1 is 1.17 bits per heavy atom. The molecule has 1 aliphatic carbocycles. The average Bonchev–Trinajstić information content (AvgIpc) is 3.39. The van der Waals surface area contributed by atoms with Crippen molar-refractivity contribution in [3.63, 3.8) is 0 Å². The number of ether oxygens (including phenoxy) is 1. The van der Waals surface area contributed by atoms with Gasteiger partial charge in [-0.15, -0.1) is 0 Å². The van der Waals surface area contributed by atoms with E-state index < -0.39 is 15.6 Å². The van der Waals surface area contributed by atoms with E-state index in [-0.39, 0.29) is 37.3 Å². The van der Waals surface area contributed by atoms with Crippen LogP contribution in [0.2, 0.25) is 10.0 Å². The Labute approximate surface area is 149 Å². The molecule has 1 aromatic heterocycles. The molecule has 1 aromatic carbocycles. The van der Waals surface area contributed by atoms with Crippen LogP contribution in [0.5, 0.6) is 5.88 Å². The smallest absolute Gasteiger partial charge is 0.232 e. The molecule has 0 saturated heterocycles. The molecule has 126 valence electrons. The van der Waals surface area contributed by atoms with Gasteiger partial charge >= 0.3 is 0 Å². The average molecular weight is 386 g/mol. The van der Waals surface area contributed by atoms with Crippen LogP contribution in [-0.4, -0.2) is 31.5 Å². The number of sulfone groups is 1. The molecule has 2 aromatic rings. The van der Waals surface area contributed by atoms with Crippen molar-refractivity contribution >= 4 is 38.8 Å². The van der Waals surface area contributed by atoms with Crippen LogP contribution >= 0.6 is 23.2 Å². The topological polar surface area (TPSA) is 73.3 Å². The zero-order valence-electron chi connectivity index (χ0n) is 12.6. The van der Waals surface area contributed by atoms with E-state index in [0.29, 0.717) is 12.8 Å². The van der Waals surface area contributed by atoms with Gasteiger partial charge in [0.1, 0.15) is 10.7 Å². The second-order valence-electron chi connectivity index (χ2n) is 5.41. The second kappa shape index (κ2) is 6.35. The SMILES string of the molecule is COc1nc(C(=O)c2ccc(S(=O)(=O)C3CC3)c(Cl)c2)ccc1Cl. The third-order valence-electron chi connectivity index (χ3n) is 3.70. The van der Waals surface area contributed by atoms with Gasteiger partial charge in [0.2, 0.25) is 11.7 Å². The Hall–Kier alpha value is -1.63. The van der Waals surface area contributed by atoms with Crippen LogP contribution in [0.1, 0.15) is 28.9 Å². The Kier molecular flexibility index (Phi) is 4.55. The molecule has 24 heavy (non-hydrogen) atoms. The molecule has 0 bridgehead atoms. The molecule has 0 aliphatic heterocycles. The first-order valence-corrected chi connectivity index (χ1v) is 9.43. The van der Waals surface area contributed by atoms with Gasteiger partial charge in [0.05, 0.1) is 22.3 Å². The highest BCUT2D eigenvalue weighted by Gasteiger charge is 2.38. The highest BCUT2D eigenvalue weighted by Crippen LogP contribution is 2.36. The minimum atomic E-state index is -3.42. The summed E-state index contributed by atoms with van der Waals surface area (Å²) in [6.45, 7) is 0. The van der Waals surface area contributed by atoms with Gasteiger partial charge in [-0.2, -0.15) is 0 Å². The number of rotatable bonds is 5. The van der Waals surface area contributed by atoms with Crippen molar-refractivity contribution in [3.05, 3.63) is 51.6 Å². The van der Waals surface area contributed by atoms with Gasteiger partial charge in [0.15, 0.2) is 9.84 Å². The fraction of sp³-hybridized carbons (Fsp3) is 0.250. The number of nitrogens with zero attached hydrogens (tertiary/aromatic N) is 1. The van der Waals surface area contributed by atoms with Crippen LogP contribution in [0.3, 0.4) is 0 Å². The summed E-state index contributed by atoms with van der Waals surface area (Å²) in [7, 11) is -2.02. The van der Waals surface area contributed by atoms with E-state index in [0.717, 1.165) is 0 Å². The van der Waals surface area contributed by atoms with Crippen molar-refractivity contribution < 1.29 is 17.9 Å². The van der Waals surface area contributed by atoms with Gasteiger partial charge < -0.3 is 4.74 Å². The van der Waals surface area contributed by atoms with Crippen molar-refractivity contribution in [2.24, 2.45) is 0 Å². The zero-order chi connectivity index (χ0) is 17.5. The number of benzene rings is 1. The van der Waals surface area contributed by atoms with Crippen molar-refractivity contribution in [2.75, 3.05) is 7.11 Å². The third-order valence-corrected chi connectivity index (χ3v) is 6.73. The highest BCUT2D eigenvalue weighted by molar-refractivity contribution is 7.92. The first-order valence-electron chi connectivity index (χ1n) is 7.13. The van der Waals surface area contributed by atoms with Gasteiger partial charge in [-0.1, -0.05) is 23.2 Å². The number of pyridine rings is 1. The van der Waals surface area contributed by atoms with Crippen LogP contribution in [0.15, 0.2) is 35.2 Å². The first-order chi connectivity index (χ1) is 11.3. The van der Waals surface area contributed by atoms with Gasteiger partial charge in [-0.25, -0.2) is 13.4 Å². The molecule has 8 heteroatoms. The first kappa shape index (κ1) is 17.2. The number of aromatic nitrogens is 1. The lowest BCUT2D eigenvalue weighted by atomic mass is 10.1. The number of halogens is 2. The van der Waals surface area contributed by atoms with E-state index in [1.54, 1.807) is 0 Å². The summed E-state index contributed by atoms with van der Waals surface area (Å²) < 4.78 is 29.5. The van der Waals surface area contributed by atoms with Gasteiger partial charge in [-0.05, 0) is 43.2 Å². The fourth-order valence-electron chi connectivity index (χ4n) is 2.27. The highest BCUT2D eigenvalue weighted by atomic mass is 35.5. The second-order valence-corrected chi connectivity index (χ2v) is 8.42. The summed E-state index contributed by atoms with van der Waals surface area (Å²) >= 11 is 12.0. The number of ketones is 1. The Morgan fingerprint density at radius 2 is 1.88 bits per heavy atom. The molecule has 0 unspecified atom stereocenters.